The van der Waals surface area contributed by atoms with Gasteiger partial charge in [-0.15, -0.1) is 0 Å². The first-order valence-electron chi connectivity index (χ1n) is 13.6. The molecule has 0 spiro atoms. The normalized spacial score (nSPS) is 29.6. The first-order chi connectivity index (χ1) is 18.0. The second kappa shape index (κ2) is 10.3. The predicted molar refractivity (Wildman–Crippen MR) is 139 cm³/mol. The van der Waals surface area contributed by atoms with E-state index >= 15 is 4.39 Å². The summed E-state index contributed by atoms with van der Waals surface area (Å²) in [4.78, 5) is 32.1. The molecule has 3 saturated heterocycles. The van der Waals surface area contributed by atoms with Crippen LogP contribution in [0, 0.1) is 29.0 Å². The van der Waals surface area contributed by atoms with Gasteiger partial charge in [0, 0.05) is 43.2 Å². The van der Waals surface area contributed by atoms with E-state index in [1.807, 2.05) is 13.1 Å². The zero-order valence-electron chi connectivity index (χ0n) is 22.7. The number of piperidine rings is 1. The zero-order chi connectivity index (χ0) is 27.2. The van der Waals surface area contributed by atoms with Crippen LogP contribution in [0.4, 0.5) is 14.9 Å². The third-order valence-electron chi connectivity index (χ3n) is 8.36. The number of hydrogen-bond acceptors (Lipinski definition) is 7. The van der Waals surface area contributed by atoms with Gasteiger partial charge >= 0.3 is 6.09 Å². The second-order valence-electron chi connectivity index (χ2n) is 12.2. The zero-order valence-corrected chi connectivity index (χ0v) is 22.7. The third kappa shape index (κ3) is 5.32. The third-order valence-corrected chi connectivity index (χ3v) is 8.36. The maximum atomic E-state index is 15.2. The summed E-state index contributed by atoms with van der Waals surface area (Å²) in [6.45, 7) is 8.33. The smallest absolute Gasteiger partial charge is 0.411 e. The summed E-state index contributed by atoms with van der Waals surface area (Å²) in [6.07, 6.45) is 2.00. The Hall–Kier alpha value is -2.90. The molecule has 6 atom stereocenters. The van der Waals surface area contributed by atoms with E-state index in [0.29, 0.717) is 30.9 Å². The van der Waals surface area contributed by atoms with Crippen molar-refractivity contribution in [2.24, 2.45) is 11.8 Å². The number of nitriles is 1. The molecule has 1 aromatic rings. The molecule has 2 amide bonds. The van der Waals surface area contributed by atoms with E-state index in [-0.39, 0.29) is 24.3 Å². The molecule has 10 heteroatoms. The number of hydrogen-bond donors (Lipinski definition) is 1. The molecule has 1 N–H and O–H groups in total. The molecule has 4 aliphatic rings. The summed E-state index contributed by atoms with van der Waals surface area (Å²) in [5.41, 5.74) is 0.506. The van der Waals surface area contributed by atoms with E-state index in [0.717, 1.165) is 38.0 Å². The van der Waals surface area contributed by atoms with Crippen molar-refractivity contribution in [3.05, 3.63) is 29.6 Å². The van der Waals surface area contributed by atoms with E-state index in [1.54, 1.807) is 31.7 Å². The van der Waals surface area contributed by atoms with Gasteiger partial charge in [0.1, 0.15) is 23.5 Å². The van der Waals surface area contributed by atoms with E-state index in [1.165, 1.54) is 6.07 Å². The highest BCUT2D eigenvalue weighted by molar-refractivity contribution is 5.87. The van der Waals surface area contributed by atoms with E-state index in [4.69, 9.17) is 9.47 Å². The Labute approximate surface area is 223 Å². The first-order valence-corrected chi connectivity index (χ1v) is 13.6. The van der Waals surface area contributed by atoms with Crippen molar-refractivity contribution in [3.63, 3.8) is 0 Å². The lowest BCUT2D eigenvalue weighted by atomic mass is 9.97. The molecule has 0 radical (unpaired) electrons. The molecule has 4 fully saturated rings. The van der Waals surface area contributed by atoms with Crippen LogP contribution in [0.5, 0.6) is 0 Å². The van der Waals surface area contributed by atoms with Crippen molar-refractivity contribution in [1.82, 2.24) is 15.1 Å². The Morgan fingerprint density at radius 1 is 1.26 bits per heavy atom. The van der Waals surface area contributed by atoms with Crippen molar-refractivity contribution in [1.29, 1.82) is 5.26 Å². The predicted octanol–water partition coefficient (Wildman–Crippen LogP) is 2.89. The number of carbonyl (C=O) groups excluding carboxylic acids is 2. The molecule has 1 aromatic carbocycles. The molecule has 5 rings (SSSR count). The average molecular weight is 528 g/mol. The van der Waals surface area contributed by atoms with E-state index < -0.39 is 29.6 Å². The van der Waals surface area contributed by atoms with Crippen LogP contribution in [-0.4, -0.2) is 85.0 Å². The van der Waals surface area contributed by atoms with Crippen LogP contribution in [0.2, 0.25) is 0 Å². The van der Waals surface area contributed by atoms with Crippen LogP contribution in [0.1, 0.15) is 45.6 Å². The molecule has 1 aliphatic carbocycles. The molecule has 1 saturated carbocycles. The summed E-state index contributed by atoms with van der Waals surface area (Å²) in [7, 11) is 2.05. The van der Waals surface area contributed by atoms with Crippen molar-refractivity contribution >= 4 is 17.7 Å². The number of likely N-dealkylation sites (N-methyl/N-ethyl adjacent to an activating group) is 1. The Balaban J connectivity index is 1.23. The highest BCUT2D eigenvalue weighted by Crippen LogP contribution is 2.43. The average Bonchev–Trinajstić information content (AvgIpc) is 3.58. The Kier molecular flexibility index (Phi) is 7.27. The van der Waals surface area contributed by atoms with Crippen LogP contribution in [0.15, 0.2) is 18.2 Å². The molecule has 3 aliphatic heterocycles. The molecular formula is C28H38FN5O4. The molecule has 9 nitrogen and oxygen atoms in total. The lowest BCUT2D eigenvalue weighted by Crippen LogP contribution is -2.55. The lowest BCUT2D eigenvalue weighted by molar-refractivity contribution is -0.128. The number of amides is 2. The minimum atomic E-state index is -0.914. The quantitative estimate of drug-likeness (QED) is 0.629. The molecule has 206 valence electrons. The van der Waals surface area contributed by atoms with Gasteiger partial charge in [-0.1, -0.05) is 6.07 Å². The Bertz CT molecular complexity index is 1120. The fraction of sp³-hybridized carbons (Fsp3) is 0.679. The number of benzene rings is 1. The fourth-order valence-electron chi connectivity index (χ4n) is 6.58. The number of ether oxygens (including phenoxy) is 2. The van der Waals surface area contributed by atoms with Crippen molar-refractivity contribution in [3.8, 4) is 6.07 Å². The minimum Gasteiger partial charge on any atom is -0.444 e. The number of halogens is 1. The number of anilines is 1. The van der Waals surface area contributed by atoms with Crippen molar-refractivity contribution in [2.45, 2.75) is 76.2 Å². The van der Waals surface area contributed by atoms with Gasteiger partial charge < -0.3 is 19.7 Å². The molecule has 0 unspecified atom stereocenters. The molecule has 3 heterocycles. The monoisotopic (exact) mass is 527 g/mol. The minimum absolute atomic E-state index is 0.0307. The van der Waals surface area contributed by atoms with Gasteiger partial charge in [-0.05, 0) is 70.7 Å². The van der Waals surface area contributed by atoms with Gasteiger partial charge in [-0.2, -0.15) is 5.26 Å². The summed E-state index contributed by atoms with van der Waals surface area (Å²) in [5.74, 6) is -0.346. The number of fused-ring (bicyclic) bond motifs is 3. The van der Waals surface area contributed by atoms with Gasteiger partial charge in [0.2, 0.25) is 5.91 Å². The highest BCUT2D eigenvalue weighted by Gasteiger charge is 2.52. The van der Waals surface area contributed by atoms with E-state index in [2.05, 4.69) is 21.2 Å². The van der Waals surface area contributed by atoms with Gasteiger partial charge in [0.25, 0.3) is 0 Å². The van der Waals surface area contributed by atoms with Crippen LogP contribution in [0.3, 0.4) is 0 Å². The summed E-state index contributed by atoms with van der Waals surface area (Å²) >= 11 is 0. The SMILES string of the molecule is CN1COC[C@@H]2CN(c3ccc(C[C@@H](C#N)NC(=O)[C@@H]4[C@H]5CC[C@H](C5)N4C(=O)OC(C)(C)C)c(F)c3)C[C@@H]21. The lowest BCUT2D eigenvalue weighted by Gasteiger charge is -2.35. The number of likely N-dealkylation sites (tertiary alicyclic amines) is 1. The van der Waals surface area contributed by atoms with Gasteiger partial charge in [-0.3, -0.25) is 14.6 Å². The second-order valence-corrected chi connectivity index (χ2v) is 12.2. The first kappa shape index (κ1) is 26.7. The summed E-state index contributed by atoms with van der Waals surface area (Å²) in [5, 5.41) is 12.6. The largest absolute Gasteiger partial charge is 0.444 e. The fourth-order valence-corrected chi connectivity index (χ4v) is 6.58. The van der Waals surface area contributed by atoms with Gasteiger partial charge in [-0.25, -0.2) is 9.18 Å². The van der Waals surface area contributed by atoms with Crippen LogP contribution < -0.4 is 10.2 Å². The van der Waals surface area contributed by atoms with Gasteiger partial charge in [0.05, 0.1) is 19.4 Å². The van der Waals surface area contributed by atoms with Gasteiger partial charge in [0.15, 0.2) is 0 Å². The van der Waals surface area contributed by atoms with Crippen LogP contribution in [-0.2, 0) is 20.7 Å². The maximum absolute atomic E-state index is 15.2. The number of rotatable bonds is 5. The summed E-state index contributed by atoms with van der Waals surface area (Å²) in [6, 6.07) is 5.97. The van der Waals surface area contributed by atoms with Crippen LogP contribution in [0.25, 0.3) is 0 Å². The molecular weight excluding hydrogens is 489 g/mol. The van der Waals surface area contributed by atoms with E-state index in [9.17, 15) is 14.9 Å². The highest BCUT2D eigenvalue weighted by atomic mass is 19.1. The topological polar surface area (TPSA) is 98.1 Å². The molecule has 38 heavy (non-hydrogen) atoms. The van der Waals surface area contributed by atoms with Crippen molar-refractivity contribution in [2.75, 3.05) is 38.4 Å². The molecule has 0 aromatic heterocycles. The maximum Gasteiger partial charge on any atom is 0.411 e. The number of nitrogens with zero attached hydrogens (tertiary/aromatic N) is 4. The van der Waals surface area contributed by atoms with Crippen LogP contribution >= 0.6 is 0 Å². The van der Waals surface area contributed by atoms with Crippen molar-refractivity contribution < 1.29 is 23.5 Å². The Morgan fingerprint density at radius 2 is 2.05 bits per heavy atom. The molecule has 2 bridgehead atoms. The number of carbonyl (C=O) groups is 2. The number of nitrogens with one attached hydrogen (secondary N) is 1. The standard InChI is InChI=1S/C28H38FN5O4/c1-28(2,3)38-27(36)34-22-8-6-18(10-22)25(34)26(35)31-20(12-30)9-17-5-7-21(11-23(17)29)33-13-19-15-37-16-32(4)24(19)14-33/h5,7,11,18-20,22,24-25H,6,8-10,13-16H2,1-4H3,(H,31,35)/t18-,19-,20-,22+,24-,25-/m0/s1. The Morgan fingerprint density at radius 3 is 2.74 bits per heavy atom. The summed E-state index contributed by atoms with van der Waals surface area (Å²) < 4.78 is 26.4.